The molecule has 2 atom stereocenters. The molecule has 1 aliphatic carbocycles. The summed E-state index contributed by atoms with van der Waals surface area (Å²) in [5.74, 6) is 0.480. The quantitative estimate of drug-likeness (QED) is 0.868. The molecular weight excluding hydrogens is 348 g/mol. The van der Waals surface area contributed by atoms with Crippen molar-refractivity contribution in [1.29, 1.82) is 0 Å². The molecule has 7 heteroatoms. The molecule has 6 nitrogen and oxygen atoms in total. The zero-order valence-electron chi connectivity index (χ0n) is 15.0. The van der Waals surface area contributed by atoms with Gasteiger partial charge in [0.05, 0.1) is 4.88 Å². The summed E-state index contributed by atoms with van der Waals surface area (Å²) in [5.41, 5.74) is 7.79. The molecule has 2 aromatic heterocycles. The first-order valence-corrected chi connectivity index (χ1v) is 10.1. The Morgan fingerprint density at radius 1 is 1.35 bits per heavy atom. The van der Waals surface area contributed by atoms with E-state index < -0.39 is 5.91 Å². The Morgan fingerprint density at radius 2 is 2.19 bits per heavy atom. The smallest absolute Gasteiger partial charge is 0.269 e. The van der Waals surface area contributed by atoms with Gasteiger partial charge >= 0.3 is 0 Å². The number of fused-ring (bicyclic) bond motifs is 1. The predicted octanol–water partition coefficient (Wildman–Crippen LogP) is 2.71. The average molecular weight is 372 g/mol. The number of thiophene rings is 1. The number of likely N-dealkylation sites (tertiary alicyclic amines) is 1. The van der Waals surface area contributed by atoms with Crippen molar-refractivity contribution in [3.63, 3.8) is 0 Å². The highest BCUT2D eigenvalue weighted by molar-refractivity contribution is 7.14. The van der Waals surface area contributed by atoms with E-state index in [9.17, 15) is 9.59 Å². The van der Waals surface area contributed by atoms with Gasteiger partial charge in [-0.05, 0) is 55.7 Å². The lowest BCUT2D eigenvalue weighted by atomic mass is 9.90. The number of primary amides is 1. The molecule has 0 saturated carbocycles. The summed E-state index contributed by atoms with van der Waals surface area (Å²) in [5, 5.41) is 6.88. The molecule has 1 fully saturated rings. The molecule has 3 N–H and O–H groups in total. The lowest BCUT2D eigenvalue weighted by molar-refractivity contribution is 0.0710. The molecular formula is C19H24N4O2S. The lowest BCUT2D eigenvalue weighted by Crippen LogP contribution is -2.38. The van der Waals surface area contributed by atoms with Crippen LogP contribution in [0.25, 0.3) is 0 Å². The van der Waals surface area contributed by atoms with Crippen molar-refractivity contribution >= 4 is 23.2 Å². The second-order valence-electron chi connectivity index (χ2n) is 7.57. The van der Waals surface area contributed by atoms with Crippen LogP contribution in [0.15, 0.2) is 12.1 Å². The third-order valence-corrected chi connectivity index (χ3v) is 6.76. The zero-order chi connectivity index (χ0) is 18.3. The van der Waals surface area contributed by atoms with E-state index in [1.807, 2.05) is 4.90 Å². The van der Waals surface area contributed by atoms with Gasteiger partial charge in [-0.2, -0.15) is 5.10 Å². The second-order valence-corrected chi connectivity index (χ2v) is 8.71. The fourth-order valence-corrected chi connectivity index (χ4v) is 5.23. The summed E-state index contributed by atoms with van der Waals surface area (Å²) in [6.07, 6.45) is 5.33. The van der Waals surface area contributed by atoms with E-state index in [2.05, 4.69) is 23.2 Å². The monoisotopic (exact) mass is 372 g/mol. The van der Waals surface area contributed by atoms with Crippen molar-refractivity contribution < 1.29 is 9.59 Å². The maximum absolute atomic E-state index is 13.0. The summed E-state index contributed by atoms with van der Waals surface area (Å²) >= 11 is 1.67. The normalized spacial score (nSPS) is 22.9. The topological polar surface area (TPSA) is 92.1 Å². The van der Waals surface area contributed by atoms with E-state index in [1.54, 1.807) is 17.4 Å². The summed E-state index contributed by atoms with van der Waals surface area (Å²) < 4.78 is 0. The van der Waals surface area contributed by atoms with E-state index in [-0.39, 0.29) is 17.5 Å². The van der Waals surface area contributed by atoms with Crippen molar-refractivity contribution in [2.75, 3.05) is 13.1 Å². The average Bonchev–Trinajstić information content (AvgIpc) is 3.28. The van der Waals surface area contributed by atoms with Crippen LogP contribution in [-0.4, -0.2) is 40.0 Å². The molecule has 0 bridgehead atoms. The fraction of sp³-hybridized carbons (Fsp3) is 0.526. The van der Waals surface area contributed by atoms with Crippen molar-refractivity contribution in [2.45, 2.75) is 44.9 Å². The van der Waals surface area contributed by atoms with Crippen LogP contribution in [0.1, 0.15) is 68.4 Å². The van der Waals surface area contributed by atoms with Crippen LogP contribution in [0.3, 0.4) is 0 Å². The first-order chi connectivity index (χ1) is 12.5. The number of H-pyrrole nitrogens is 1. The van der Waals surface area contributed by atoms with Crippen LogP contribution in [0.5, 0.6) is 0 Å². The van der Waals surface area contributed by atoms with Gasteiger partial charge < -0.3 is 10.6 Å². The van der Waals surface area contributed by atoms with Gasteiger partial charge in [-0.3, -0.25) is 14.7 Å². The summed E-state index contributed by atoms with van der Waals surface area (Å²) in [6.45, 7) is 3.71. The Bertz CT molecular complexity index is 840. The highest BCUT2D eigenvalue weighted by Crippen LogP contribution is 2.34. The Hall–Kier alpha value is -2.15. The fourth-order valence-electron chi connectivity index (χ4n) is 4.05. The van der Waals surface area contributed by atoms with Gasteiger partial charge in [-0.15, -0.1) is 11.3 Å². The highest BCUT2D eigenvalue weighted by atomic mass is 32.1. The molecule has 138 valence electrons. The van der Waals surface area contributed by atoms with Gasteiger partial charge in [0.2, 0.25) is 0 Å². The molecule has 1 aliphatic heterocycles. The van der Waals surface area contributed by atoms with Crippen molar-refractivity contribution in [3.8, 4) is 0 Å². The van der Waals surface area contributed by atoms with Gasteiger partial charge in [0.15, 0.2) is 0 Å². The SMILES string of the molecule is C[C@H]1CCc2sc(C(=O)N3CCC[C@@H](c4cc(C(N)=O)n[nH]4)C3)cc2C1. The number of carbonyl (C=O) groups is 2. The predicted molar refractivity (Wildman–Crippen MR) is 100 cm³/mol. The first-order valence-electron chi connectivity index (χ1n) is 9.27. The Labute approximate surface area is 156 Å². The summed E-state index contributed by atoms with van der Waals surface area (Å²) in [6, 6.07) is 3.83. The number of piperidine rings is 1. The largest absolute Gasteiger partial charge is 0.364 e. The van der Waals surface area contributed by atoms with Gasteiger partial charge in [0.1, 0.15) is 5.69 Å². The number of carbonyl (C=O) groups excluding carboxylic acids is 2. The third-order valence-electron chi connectivity index (χ3n) is 5.54. The minimum atomic E-state index is -0.533. The Kier molecular flexibility index (Phi) is 4.56. The molecule has 0 radical (unpaired) electrons. The molecule has 2 amide bonds. The molecule has 2 aliphatic rings. The van der Waals surface area contributed by atoms with Gasteiger partial charge in [-0.25, -0.2) is 0 Å². The number of hydrogen-bond acceptors (Lipinski definition) is 4. The maximum Gasteiger partial charge on any atom is 0.269 e. The zero-order valence-corrected chi connectivity index (χ0v) is 15.8. The number of nitrogens with two attached hydrogens (primary N) is 1. The van der Waals surface area contributed by atoms with E-state index >= 15 is 0 Å². The van der Waals surface area contributed by atoms with Crippen molar-refractivity contribution in [3.05, 3.63) is 38.8 Å². The minimum Gasteiger partial charge on any atom is -0.364 e. The molecule has 3 heterocycles. The second kappa shape index (κ2) is 6.87. The number of rotatable bonds is 3. The van der Waals surface area contributed by atoms with Gasteiger partial charge in [-0.1, -0.05) is 6.92 Å². The van der Waals surface area contributed by atoms with Crippen molar-refractivity contribution in [2.24, 2.45) is 11.7 Å². The lowest BCUT2D eigenvalue weighted by Gasteiger charge is -2.32. The number of amides is 2. The van der Waals surface area contributed by atoms with Crippen LogP contribution in [0.2, 0.25) is 0 Å². The molecule has 2 aromatic rings. The van der Waals surface area contributed by atoms with E-state index in [0.717, 1.165) is 42.8 Å². The number of hydrogen-bond donors (Lipinski definition) is 2. The van der Waals surface area contributed by atoms with Crippen LogP contribution >= 0.6 is 11.3 Å². The van der Waals surface area contributed by atoms with Crippen LogP contribution in [-0.2, 0) is 12.8 Å². The standard InChI is InChI=1S/C19H24N4O2S/c1-11-4-5-16-13(7-11)8-17(26-16)19(25)23-6-2-3-12(10-23)14-9-15(18(20)24)22-21-14/h8-9,11-12H,2-7,10H2,1H3,(H2,20,24)(H,21,22)/t11-,12+/m0/s1. The van der Waals surface area contributed by atoms with E-state index in [0.29, 0.717) is 12.5 Å². The number of aromatic amines is 1. The van der Waals surface area contributed by atoms with Crippen LogP contribution in [0.4, 0.5) is 0 Å². The summed E-state index contributed by atoms with van der Waals surface area (Å²) in [4.78, 5) is 28.5. The molecule has 0 spiro atoms. The number of aryl methyl sites for hydroxylation is 1. The van der Waals surface area contributed by atoms with Gasteiger partial charge in [0, 0.05) is 29.6 Å². The van der Waals surface area contributed by atoms with Gasteiger partial charge in [0.25, 0.3) is 11.8 Å². The molecule has 0 aromatic carbocycles. The molecule has 0 unspecified atom stereocenters. The molecule has 1 saturated heterocycles. The Balaban J connectivity index is 1.48. The highest BCUT2D eigenvalue weighted by Gasteiger charge is 2.29. The third kappa shape index (κ3) is 3.28. The van der Waals surface area contributed by atoms with Crippen LogP contribution in [0, 0.1) is 5.92 Å². The minimum absolute atomic E-state index is 0.136. The van der Waals surface area contributed by atoms with Crippen molar-refractivity contribution in [1.82, 2.24) is 15.1 Å². The number of aromatic nitrogens is 2. The number of nitrogens with one attached hydrogen (secondary N) is 1. The first kappa shape index (κ1) is 17.3. The van der Waals surface area contributed by atoms with E-state index in [1.165, 1.54) is 16.9 Å². The van der Waals surface area contributed by atoms with Crippen LogP contribution < -0.4 is 5.73 Å². The Morgan fingerprint density at radius 3 is 2.96 bits per heavy atom. The summed E-state index contributed by atoms with van der Waals surface area (Å²) in [7, 11) is 0. The number of nitrogens with zero attached hydrogens (tertiary/aromatic N) is 2. The molecule has 4 rings (SSSR count). The maximum atomic E-state index is 13.0. The molecule has 26 heavy (non-hydrogen) atoms. The van der Waals surface area contributed by atoms with E-state index in [4.69, 9.17) is 5.73 Å².